The molecule has 1 aliphatic heterocycles. The van der Waals surface area contributed by atoms with E-state index in [4.69, 9.17) is 4.74 Å². The molecule has 0 saturated carbocycles. The van der Waals surface area contributed by atoms with Crippen LogP contribution in [0.15, 0.2) is 24.3 Å². The molecule has 0 saturated heterocycles. The lowest BCUT2D eigenvalue weighted by atomic mass is 9.85. The van der Waals surface area contributed by atoms with Gasteiger partial charge in [0.1, 0.15) is 0 Å². The molecule has 0 aliphatic carbocycles. The third-order valence-corrected chi connectivity index (χ3v) is 2.72. The average molecular weight is 221 g/mol. The molecule has 1 aromatic rings. The smallest absolute Gasteiger partial charge is 0.336 e. The van der Waals surface area contributed by atoms with Gasteiger partial charge in [-0.2, -0.15) is 0 Å². The van der Waals surface area contributed by atoms with E-state index < -0.39 is 11.5 Å². The van der Waals surface area contributed by atoms with Gasteiger partial charge in [0.15, 0.2) is 5.54 Å². The van der Waals surface area contributed by atoms with E-state index >= 15 is 0 Å². The fraction of sp³-hybridized carbons (Fsp3) is 0.273. The van der Waals surface area contributed by atoms with Crippen molar-refractivity contribution in [3.05, 3.63) is 35.4 Å². The van der Waals surface area contributed by atoms with Crippen molar-refractivity contribution in [3.63, 3.8) is 0 Å². The number of hydrogen-bond acceptors (Lipinski definition) is 3. The third-order valence-electron chi connectivity index (χ3n) is 2.72. The minimum atomic E-state index is -1.46. The maximum absolute atomic E-state index is 11.3. The number of carboxylic acids is 1. The standard InChI is InChI=1S/C11H11NO4/c13-7-12-11(10(14)15)6-16-5-8-3-1-2-4-9(8)11/h1-4,7H,5-6H2,(H,12,13)(H,14,15). The summed E-state index contributed by atoms with van der Waals surface area (Å²) in [7, 11) is 0. The van der Waals surface area contributed by atoms with Crippen LogP contribution in [0.2, 0.25) is 0 Å². The molecule has 5 nitrogen and oxygen atoms in total. The van der Waals surface area contributed by atoms with Crippen molar-refractivity contribution < 1.29 is 19.4 Å². The zero-order chi connectivity index (χ0) is 11.6. The van der Waals surface area contributed by atoms with Crippen molar-refractivity contribution in [3.8, 4) is 0 Å². The Morgan fingerprint density at radius 2 is 2.25 bits per heavy atom. The topological polar surface area (TPSA) is 75.6 Å². The van der Waals surface area contributed by atoms with E-state index in [0.29, 0.717) is 18.6 Å². The van der Waals surface area contributed by atoms with Gasteiger partial charge in [-0.1, -0.05) is 24.3 Å². The molecule has 0 bridgehead atoms. The van der Waals surface area contributed by atoms with Crippen LogP contribution in [0.3, 0.4) is 0 Å². The highest BCUT2D eigenvalue weighted by atomic mass is 16.5. The molecule has 2 rings (SSSR count). The molecule has 1 aromatic carbocycles. The molecule has 84 valence electrons. The second-order valence-corrected chi connectivity index (χ2v) is 3.62. The average Bonchev–Trinajstić information content (AvgIpc) is 2.29. The lowest BCUT2D eigenvalue weighted by Gasteiger charge is -2.34. The van der Waals surface area contributed by atoms with Crippen LogP contribution in [-0.2, 0) is 26.5 Å². The van der Waals surface area contributed by atoms with Gasteiger partial charge in [0.25, 0.3) is 0 Å². The first-order valence-corrected chi connectivity index (χ1v) is 4.81. The van der Waals surface area contributed by atoms with Crippen LogP contribution >= 0.6 is 0 Å². The van der Waals surface area contributed by atoms with E-state index in [0.717, 1.165) is 5.56 Å². The third kappa shape index (κ3) is 1.45. The van der Waals surface area contributed by atoms with Gasteiger partial charge in [-0.25, -0.2) is 4.79 Å². The number of nitrogens with one attached hydrogen (secondary N) is 1. The van der Waals surface area contributed by atoms with Crippen LogP contribution in [0.25, 0.3) is 0 Å². The summed E-state index contributed by atoms with van der Waals surface area (Å²) in [4.78, 5) is 21.9. The molecule has 16 heavy (non-hydrogen) atoms. The normalized spacial score (nSPS) is 23.2. The fourth-order valence-corrected chi connectivity index (χ4v) is 1.91. The largest absolute Gasteiger partial charge is 0.479 e. The van der Waals surface area contributed by atoms with E-state index in [1.807, 2.05) is 0 Å². The second-order valence-electron chi connectivity index (χ2n) is 3.62. The van der Waals surface area contributed by atoms with Crippen LogP contribution in [0, 0.1) is 0 Å². The number of benzene rings is 1. The fourth-order valence-electron chi connectivity index (χ4n) is 1.91. The number of rotatable bonds is 3. The number of carbonyl (C=O) groups is 2. The van der Waals surface area contributed by atoms with Gasteiger partial charge in [-0.05, 0) is 11.1 Å². The van der Waals surface area contributed by atoms with Crippen LogP contribution in [0.1, 0.15) is 11.1 Å². The van der Waals surface area contributed by atoms with Crippen LogP contribution in [0.5, 0.6) is 0 Å². The summed E-state index contributed by atoms with van der Waals surface area (Å²) in [5.74, 6) is -1.12. The molecule has 2 N–H and O–H groups in total. The maximum Gasteiger partial charge on any atom is 0.336 e. The Morgan fingerprint density at radius 3 is 2.94 bits per heavy atom. The summed E-state index contributed by atoms with van der Waals surface area (Å²) in [6.07, 6.45) is 0.388. The first-order valence-electron chi connectivity index (χ1n) is 4.81. The van der Waals surface area contributed by atoms with Crippen molar-refractivity contribution in [2.45, 2.75) is 12.1 Å². The van der Waals surface area contributed by atoms with Gasteiger partial charge in [-0.15, -0.1) is 0 Å². The monoisotopic (exact) mass is 221 g/mol. The van der Waals surface area contributed by atoms with Crippen molar-refractivity contribution >= 4 is 12.4 Å². The molecule has 1 atom stereocenters. The van der Waals surface area contributed by atoms with E-state index in [1.54, 1.807) is 24.3 Å². The maximum atomic E-state index is 11.3. The lowest BCUT2D eigenvalue weighted by Crippen LogP contribution is -2.54. The molecular weight excluding hydrogens is 210 g/mol. The van der Waals surface area contributed by atoms with E-state index in [9.17, 15) is 14.7 Å². The van der Waals surface area contributed by atoms with Crippen molar-refractivity contribution in [2.75, 3.05) is 6.61 Å². The molecule has 5 heteroatoms. The molecule has 1 aliphatic rings. The highest BCUT2D eigenvalue weighted by Gasteiger charge is 2.44. The van der Waals surface area contributed by atoms with Gasteiger partial charge >= 0.3 is 5.97 Å². The highest BCUT2D eigenvalue weighted by Crippen LogP contribution is 2.30. The number of amides is 1. The minimum absolute atomic E-state index is 0.0575. The Morgan fingerprint density at radius 1 is 1.50 bits per heavy atom. The summed E-state index contributed by atoms with van der Waals surface area (Å²) in [6.45, 7) is 0.309. The van der Waals surface area contributed by atoms with Gasteiger partial charge in [0.2, 0.25) is 6.41 Å². The zero-order valence-corrected chi connectivity index (χ0v) is 8.47. The van der Waals surface area contributed by atoms with Crippen molar-refractivity contribution in [2.24, 2.45) is 0 Å². The van der Waals surface area contributed by atoms with Gasteiger partial charge < -0.3 is 15.2 Å². The molecule has 0 spiro atoms. The first kappa shape index (κ1) is 10.6. The molecule has 1 heterocycles. The number of ether oxygens (including phenoxy) is 1. The second kappa shape index (κ2) is 3.94. The first-order chi connectivity index (χ1) is 7.70. The van der Waals surface area contributed by atoms with Crippen LogP contribution in [-0.4, -0.2) is 24.1 Å². The number of carboxylic acid groups (broad SMARTS) is 1. The lowest BCUT2D eigenvalue weighted by molar-refractivity contribution is -0.151. The molecular formula is C11H11NO4. The van der Waals surface area contributed by atoms with Crippen molar-refractivity contribution in [1.29, 1.82) is 0 Å². The number of aliphatic carboxylic acids is 1. The quantitative estimate of drug-likeness (QED) is 0.717. The Kier molecular flexibility index (Phi) is 2.62. The van der Waals surface area contributed by atoms with E-state index in [2.05, 4.69) is 5.32 Å². The summed E-state index contributed by atoms with van der Waals surface area (Å²) in [6, 6.07) is 7.04. The minimum Gasteiger partial charge on any atom is -0.479 e. The van der Waals surface area contributed by atoms with Crippen LogP contribution < -0.4 is 5.32 Å². The molecule has 1 unspecified atom stereocenters. The van der Waals surface area contributed by atoms with Gasteiger partial charge in [0.05, 0.1) is 13.2 Å². The number of carbonyl (C=O) groups excluding carboxylic acids is 1. The number of fused-ring (bicyclic) bond motifs is 1. The zero-order valence-electron chi connectivity index (χ0n) is 8.47. The molecule has 0 aromatic heterocycles. The van der Waals surface area contributed by atoms with Crippen LogP contribution in [0.4, 0.5) is 0 Å². The predicted octanol–water partition coefficient (Wildman–Crippen LogP) is 0.243. The molecule has 0 radical (unpaired) electrons. The summed E-state index contributed by atoms with van der Waals surface area (Å²) in [5, 5.41) is 11.6. The Labute approximate surface area is 92.0 Å². The van der Waals surface area contributed by atoms with E-state index in [-0.39, 0.29) is 6.61 Å². The SMILES string of the molecule is O=CNC1(C(=O)O)COCc2ccccc21. The molecule has 0 fully saturated rings. The molecule has 1 amide bonds. The predicted molar refractivity (Wildman–Crippen MR) is 54.6 cm³/mol. The van der Waals surface area contributed by atoms with Gasteiger partial charge in [0, 0.05) is 0 Å². The Balaban J connectivity index is 2.56. The summed E-state index contributed by atoms with van der Waals surface area (Å²) in [5.41, 5.74) is -0.0947. The van der Waals surface area contributed by atoms with E-state index in [1.165, 1.54) is 0 Å². The summed E-state index contributed by atoms with van der Waals surface area (Å²) < 4.78 is 5.22. The Bertz CT molecular complexity index is 432. The number of hydrogen-bond donors (Lipinski definition) is 2. The Hall–Kier alpha value is -1.88. The summed E-state index contributed by atoms with van der Waals surface area (Å²) >= 11 is 0. The highest BCUT2D eigenvalue weighted by molar-refractivity contribution is 5.84. The van der Waals surface area contributed by atoms with Crippen molar-refractivity contribution in [1.82, 2.24) is 5.32 Å². The van der Waals surface area contributed by atoms with Gasteiger partial charge in [-0.3, -0.25) is 4.79 Å².